The normalized spacial score (nSPS) is 19.0. The van der Waals surface area contributed by atoms with E-state index in [1.54, 1.807) is 12.1 Å². The summed E-state index contributed by atoms with van der Waals surface area (Å²) in [7, 11) is 3.94. The molecule has 1 aromatic rings. The summed E-state index contributed by atoms with van der Waals surface area (Å²) >= 11 is 0. The van der Waals surface area contributed by atoms with Gasteiger partial charge >= 0.3 is 0 Å². The van der Waals surface area contributed by atoms with Gasteiger partial charge in [0.05, 0.1) is 4.92 Å². The maximum Gasteiger partial charge on any atom is 0.293 e. The van der Waals surface area contributed by atoms with Gasteiger partial charge in [-0.25, -0.2) is 0 Å². The number of rotatable bonds is 5. The maximum atomic E-state index is 11.1. The number of hydrogen-bond acceptors (Lipinski definition) is 5. The maximum absolute atomic E-state index is 11.1. The van der Waals surface area contributed by atoms with Crippen LogP contribution in [0, 0.1) is 10.1 Å². The van der Waals surface area contributed by atoms with E-state index < -0.39 is 4.92 Å². The van der Waals surface area contributed by atoms with Crippen molar-refractivity contribution in [3.05, 3.63) is 33.9 Å². The quantitative estimate of drug-likeness (QED) is 0.467. The standard InChI is InChI=1S/C14H19N3O3/c1-15-7-3-4-12(15)9-16(2)13-6-5-11(10-18)8-14(13)17(19)20/h5-6,8,10,12H,3-4,7,9H2,1-2H3. The average molecular weight is 277 g/mol. The number of nitro benzene ring substituents is 1. The van der Waals surface area contributed by atoms with Crippen LogP contribution in [0.5, 0.6) is 0 Å². The summed E-state index contributed by atoms with van der Waals surface area (Å²) in [6, 6.07) is 5.02. The van der Waals surface area contributed by atoms with Crippen LogP contribution in [0.1, 0.15) is 23.2 Å². The Morgan fingerprint density at radius 2 is 2.30 bits per heavy atom. The number of likely N-dealkylation sites (tertiary alicyclic amines) is 1. The summed E-state index contributed by atoms with van der Waals surface area (Å²) in [5, 5.41) is 11.1. The molecule has 6 nitrogen and oxygen atoms in total. The Balaban J connectivity index is 2.22. The molecule has 1 saturated heterocycles. The fourth-order valence-electron chi connectivity index (χ4n) is 2.71. The summed E-state index contributed by atoms with van der Waals surface area (Å²) in [5.74, 6) is 0. The molecular formula is C14H19N3O3. The number of carbonyl (C=O) groups is 1. The van der Waals surface area contributed by atoms with Crippen molar-refractivity contribution >= 4 is 17.7 Å². The van der Waals surface area contributed by atoms with Gasteiger partial charge in [0.2, 0.25) is 0 Å². The van der Waals surface area contributed by atoms with Gasteiger partial charge in [-0.3, -0.25) is 14.9 Å². The Bertz CT molecular complexity index is 518. The molecule has 0 aromatic heterocycles. The predicted molar refractivity (Wildman–Crippen MR) is 77.4 cm³/mol. The van der Waals surface area contributed by atoms with Crippen molar-refractivity contribution in [2.45, 2.75) is 18.9 Å². The molecule has 0 N–H and O–H groups in total. The molecule has 108 valence electrons. The van der Waals surface area contributed by atoms with Gasteiger partial charge in [-0.2, -0.15) is 0 Å². The average Bonchev–Trinajstić information content (AvgIpc) is 2.83. The molecular weight excluding hydrogens is 258 g/mol. The van der Waals surface area contributed by atoms with Gasteiger partial charge in [0.15, 0.2) is 0 Å². The number of likely N-dealkylation sites (N-methyl/N-ethyl adjacent to an activating group) is 2. The molecule has 1 atom stereocenters. The van der Waals surface area contributed by atoms with E-state index in [2.05, 4.69) is 11.9 Å². The topological polar surface area (TPSA) is 66.7 Å². The van der Waals surface area contributed by atoms with Crippen LogP contribution >= 0.6 is 0 Å². The third kappa shape index (κ3) is 2.96. The molecule has 6 heteroatoms. The van der Waals surface area contributed by atoms with E-state index in [4.69, 9.17) is 0 Å². The van der Waals surface area contributed by atoms with E-state index in [-0.39, 0.29) is 5.69 Å². The third-order valence-electron chi connectivity index (χ3n) is 3.90. The van der Waals surface area contributed by atoms with Crippen molar-refractivity contribution in [1.29, 1.82) is 0 Å². The minimum absolute atomic E-state index is 0.0160. The van der Waals surface area contributed by atoms with Crippen molar-refractivity contribution in [3.63, 3.8) is 0 Å². The second-order valence-corrected chi connectivity index (χ2v) is 5.28. The summed E-state index contributed by atoms with van der Waals surface area (Å²) in [6.45, 7) is 1.82. The molecule has 1 unspecified atom stereocenters. The summed E-state index contributed by atoms with van der Waals surface area (Å²) in [6.07, 6.45) is 2.91. The van der Waals surface area contributed by atoms with Gasteiger partial charge in [0, 0.05) is 31.3 Å². The molecule has 0 radical (unpaired) electrons. The zero-order chi connectivity index (χ0) is 14.7. The smallest absolute Gasteiger partial charge is 0.293 e. The predicted octanol–water partition coefficient (Wildman–Crippen LogP) is 1.94. The second kappa shape index (κ2) is 6.00. The van der Waals surface area contributed by atoms with Gasteiger partial charge in [-0.1, -0.05) is 0 Å². The molecule has 2 rings (SSSR count). The Hall–Kier alpha value is -1.95. The van der Waals surface area contributed by atoms with E-state index >= 15 is 0 Å². The van der Waals surface area contributed by atoms with Crippen molar-refractivity contribution in [1.82, 2.24) is 4.90 Å². The van der Waals surface area contributed by atoms with Crippen molar-refractivity contribution in [3.8, 4) is 0 Å². The second-order valence-electron chi connectivity index (χ2n) is 5.28. The summed E-state index contributed by atoms with van der Waals surface area (Å²) in [5.41, 5.74) is 0.866. The van der Waals surface area contributed by atoms with Crippen LogP contribution in [0.25, 0.3) is 0 Å². The van der Waals surface area contributed by atoms with Crippen LogP contribution < -0.4 is 4.90 Å². The first-order valence-corrected chi connectivity index (χ1v) is 6.68. The molecule has 20 heavy (non-hydrogen) atoms. The number of carbonyl (C=O) groups excluding carboxylic acids is 1. The van der Waals surface area contributed by atoms with E-state index in [1.165, 1.54) is 12.5 Å². The number of benzene rings is 1. The van der Waals surface area contributed by atoms with Crippen LogP contribution in [-0.4, -0.2) is 49.3 Å². The highest BCUT2D eigenvalue weighted by molar-refractivity contribution is 5.79. The first-order chi connectivity index (χ1) is 9.52. The first kappa shape index (κ1) is 14.5. The van der Waals surface area contributed by atoms with E-state index in [0.29, 0.717) is 23.6 Å². The van der Waals surface area contributed by atoms with Crippen LogP contribution in [0.3, 0.4) is 0 Å². The summed E-state index contributed by atoms with van der Waals surface area (Å²) in [4.78, 5) is 25.6. The monoisotopic (exact) mass is 277 g/mol. The van der Waals surface area contributed by atoms with E-state index in [9.17, 15) is 14.9 Å². The number of aldehydes is 1. The Morgan fingerprint density at radius 3 is 2.85 bits per heavy atom. The van der Waals surface area contributed by atoms with Crippen LogP contribution in [0.2, 0.25) is 0 Å². The lowest BCUT2D eigenvalue weighted by molar-refractivity contribution is -0.384. The summed E-state index contributed by atoms with van der Waals surface area (Å²) < 4.78 is 0. The number of anilines is 1. The lowest BCUT2D eigenvalue weighted by atomic mass is 10.1. The molecule has 0 spiro atoms. The molecule has 0 saturated carbocycles. The lowest BCUT2D eigenvalue weighted by Gasteiger charge is -2.27. The number of hydrogen-bond donors (Lipinski definition) is 0. The van der Waals surface area contributed by atoms with Gasteiger partial charge in [-0.15, -0.1) is 0 Å². The lowest BCUT2D eigenvalue weighted by Crippen LogP contribution is -2.36. The van der Waals surface area contributed by atoms with Gasteiger partial charge < -0.3 is 9.80 Å². The fourth-order valence-corrected chi connectivity index (χ4v) is 2.71. The van der Waals surface area contributed by atoms with Crippen LogP contribution in [0.15, 0.2) is 18.2 Å². The fraction of sp³-hybridized carbons (Fsp3) is 0.500. The first-order valence-electron chi connectivity index (χ1n) is 6.68. The van der Waals surface area contributed by atoms with Crippen LogP contribution in [-0.2, 0) is 0 Å². The zero-order valence-corrected chi connectivity index (χ0v) is 11.8. The number of nitrogens with zero attached hydrogens (tertiary/aromatic N) is 3. The Kier molecular flexibility index (Phi) is 4.34. The molecule has 1 aliphatic heterocycles. The van der Waals surface area contributed by atoms with Gasteiger partial charge in [0.25, 0.3) is 5.69 Å². The Labute approximate surface area is 118 Å². The molecule has 0 bridgehead atoms. The van der Waals surface area contributed by atoms with Gasteiger partial charge in [0.1, 0.15) is 12.0 Å². The van der Waals surface area contributed by atoms with Crippen LogP contribution in [0.4, 0.5) is 11.4 Å². The largest absolute Gasteiger partial charge is 0.367 e. The molecule has 1 aliphatic rings. The highest BCUT2D eigenvalue weighted by Gasteiger charge is 2.25. The number of nitro groups is 1. The Morgan fingerprint density at radius 1 is 1.55 bits per heavy atom. The van der Waals surface area contributed by atoms with Gasteiger partial charge in [-0.05, 0) is 38.6 Å². The highest BCUT2D eigenvalue weighted by Crippen LogP contribution is 2.29. The minimum Gasteiger partial charge on any atom is -0.367 e. The molecule has 0 aliphatic carbocycles. The zero-order valence-electron chi connectivity index (χ0n) is 11.8. The molecule has 0 amide bonds. The highest BCUT2D eigenvalue weighted by atomic mass is 16.6. The van der Waals surface area contributed by atoms with Crippen molar-refractivity contribution < 1.29 is 9.72 Å². The van der Waals surface area contributed by atoms with E-state index in [1.807, 2.05) is 11.9 Å². The minimum atomic E-state index is -0.433. The third-order valence-corrected chi connectivity index (χ3v) is 3.90. The molecule has 1 heterocycles. The SMILES string of the molecule is CN(CC1CCCN1C)c1ccc(C=O)cc1[N+](=O)[O-]. The van der Waals surface area contributed by atoms with E-state index in [0.717, 1.165) is 19.5 Å². The molecule has 1 aromatic carbocycles. The van der Waals surface area contributed by atoms with Crippen molar-refractivity contribution in [2.24, 2.45) is 0 Å². The molecule has 1 fully saturated rings. The van der Waals surface area contributed by atoms with Crippen molar-refractivity contribution in [2.75, 3.05) is 32.1 Å².